The lowest BCUT2D eigenvalue weighted by atomic mass is 10.3. The zero-order valence-electron chi connectivity index (χ0n) is 9.92. The molecule has 0 spiro atoms. The summed E-state index contributed by atoms with van der Waals surface area (Å²) in [5.74, 6) is 0.230. The second-order valence-electron chi connectivity index (χ2n) is 3.73. The van der Waals surface area contributed by atoms with Gasteiger partial charge in [0.05, 0.1) is 0 Å². The maximum absolute atomic E-state index is 12.2. The fraction of sp³-hybridized carbons (Fsp3) is 0.222. The molecule has 1 N–H and O–H groups in total. The molecule has 2 heterocycles. The Kier molecular flexibility index (Phi) is 3.92. The van der Waals surface area contributed by atoms with Crippen LogP contribution in [0.15, 0.2) is 26.4 Å². The molecule has 0 fully saturated rings. The SMILES string of the molecule is Cc1cc(NS(=O)(=O)c2c(Br)nnn2C)ncc1Br. The molecule has 0 saturated heterocycles. The van der Waals surface area contributed by atoms with Gasteiger partial charge in [0.1, 0.15) is 5.82 Å². The van der Waals surface area contributed by atoms with Gasteiger partial charge in [-0.05, 0) is 50.4 Å². The maximum Gasteiger partial charge on any atom is 0.283 e. The zero-order chi connectivity index (χ0) is 14.2. The Morgan fingerprint density at radius 1 is 1.37 bits per heavy atom. The first-order valence-electron chi connectivity index (χ1n) is 5.01. The molecule has 102 valence electrons. The van der Waals surface area contributed by atoms with Crippen LogP contribution in [0, 0.1) is 6.92 Å². The van der Waals surface area contributed by atoms with Gasteiger partial charge in [0.2, 0.25) is 5.03 Å². The number of hydrogen-bond acceptors (Lipinski definition) is 5. The second-order valence-corrected chi connectivity index (χ2v) is 6.94. The lowest BCUT2D eigenvalue weighted by Crippen LogP contribution is -2.18. The molecule has 0 saturated carbocycles. The maximum atomic E-state index is 12.2. The summed E-state index contributed by atoms with van der Waals surface area (Å²) < 4.78 is 28.9. The molecule has 0 radical (unpaired) electrons. The highest BCUT2D eigenvalue weighted by atomic mass is 79.9. The van der Waals surface area contributed by atoms with Crippen molar-refractivity contribution in [1.82, 2.24) is 20.0 Å². The Balaban J connectivity index is 2.39. The minimum absolute atomic E-state index is 0.0603. The summed E-state index contributed by atoms with van der Waals surface area (Å²) in [6.07, 6.45) is 1.53. The van der Waals surface area contributed by atoms with Gasteiger partial charge in [0.15, 0.2) is 4.60 Å². The molecule has 2 rings (SSSR count). The first-order chi connectivity index (χ1) is 8.81. The van der Waals surface area contributed by atoms with Gasteiger partial charge < -0.3 is 0 Å². The van der Waals surface area contributed by atoms with E-state index in [-0.39, 0.29) is 15.4 Å². The summed E-state index contributed by atoms with van der Waals surface area (Å²) in [7, 11) is -2.31. The summed E-state index contributed by atoms with van der Waals surface area (Å²) >= 11 is 6.35. The molecule has 2 aromatic rings. The van der Waals surface area contributed by atoms with E-state index < -0.39 is 10.0 Å². The largest absolute Gasteiger partial charge is 0.283 e. The molecule has 2 aromatic heterocycles. The number of rotatable bonds is 3. The van der Waals surface area contributed by atoms with Crippen LogP contribution >= 0.6 is 31.9 Å². The molecule has 0 aliphatic rings. The van der Waals surface area contributed by atoms with Gasteiger partial charge >= 0.3 is 0 Å². The number of anilines is 1. The van der Waals surface area contributed by atoms with E-state index in [0.717, 1.165) is 14.7 Å². The van der Waals surface area contributed by atoms with Crippen molar-refractivity contribution in [2.45, 2.75) is 11.9 Å². The van der Waals surface area contributed by atoms with E-state index in [4.69, 9.17) is 0 Å². The summed E-state index contributed by atoms with van der Waals surface area (Å²) in [5.41, 5.74) is 0.870. The molecular formula is C9H9Br2N5O2S. The van der Waals surface area contributed by atoms with Crippen molar-refractivity contribution in [2.24, 2.45) is 7.05 Å². The van der Waals surface area contributed by atoms with E-state index in [1.54, 1.807) is 6.07 Å². The minimum Gasteiger partial charge on any atom is -0.262 e. The van der Waals surface area contributed by atoms with E-state index in [1.165, 1.54) is 13.2 Å². The lowest BCUT2D eigenvalue weighted by Gasteiger charge is -2.08. The number of nitrogens with zero attached hydrogens (tertiary/aromatic N) is 4. The van der Waals surface area contributed by atoms with Crippen molar-refractivity contribution in [3.8, 4) is 0 Å². The highest BCUT2D eigenvalue weighted by molar-refractivity contribution is 9.10. The number of halogens is 2. The number of nitrogens with one attached hydrogen (secondary N) is 1. The third kappa shape index (κ3) is 2.95. The van der Waals surface area contributed by atoms with Crippen LogP contribution in [0.1, 0.15) is 5.56 Å². The van der Waals surface area contributed by atoms with Crippen LogP contribution < -0.4 is 4.72 Å². The first kappa shape index (κ1) is 14.4. The Labute approximate surface area is 126 Å². The number of sulfonamides is 1. The summed E-state index contributed by atoms with van der Waals surface area (Å²) in [6.45, 7) is 1.84. The van der Waals surface area contributed by atoms with Gasteiger partial charge in [0.25, 0.3) is 10.0 Å². The molecule has 0 unspecified atom stereocenters. The summed E-state index contributed by atoms with van der Waals surface area (Å²) in [4.78, 5) is 3.99. The smallest absolute Gasteiger partial charge is 0.262 e. The number of aromatic nitrogens is 4. The van der Waals surface area contributed by atoms with Crippen molar-refractivity contribution >= 4 is 47.7 Å². The van der Waals surface area contributed by atoms with E-state index in [9.17, 15) is 8.42 Å². The minimum atomic E-state index is -3.80. The molecule has 0 amide bonds. The van der Waals surface area contributed by atoms with Gasteiger partial charge in [-0.1, -0.05) is 5.21 Å². The molecule has 0 aliphatic carbocycles. The van der Waals surface area contributed by atoms with Crippen LogP contribution in [0.25, 0.3) is 0 Å². The molecule has 19 heavy (non-hydrogen) atoms. The molecule has 0 aliphatic heterocycles. The Morgan fingerprint density at radius 2 is 2.05 bits per heavy atom. The zero-order valence-corrected chi connectivity index (χ0v) is 13.9. The summed E-state index contributed by atoms with van der Waals surface area (Å²) in [5, 5.41) is 7.21. The third-order valence-corrected chi connectivity index (χ3v) is 5.35. The van der Waals surface area contributed by atoms with Crippen LogP contribution in [0.4, 0.5) is 5.82 Å². The fourth-order valence-corrected chi connectivity index (χ4v) is 3.70. The average Bonchev–Trinajstić information content (AvgIpc) is 2.64. The third-order valence-electron chi connectivity index (χ3n) is 2.28. The van der Waals surface area contributed by atoms with Crippen molar-refractivity contribution in [3.63, 3.8) is 0 Å². The molecule has 10 heteroatoms. The Bertz CT molecular complexity index is 709. The Hall–Kier alpha value is -1.00. The molecule has 0 bridgehead atoms. The van der Waals surface area contributed by atoms with E-state index in [0.29, 0.717) is 0 Å². The van der Waals surface area contributed by atoms with Crippen LogP contribution in [-0.2, 0) is 17.1 Å². The fourth-order valence-electron chi connectivity index (χ4n) is 1.39. The van der Waals surface area contributed by atoms with Crippen LogP contribution in [0.2, 0.25) is 0 Å². The predicted octanol–water partition coefficient (Wildman–Crippen LogP) is 1.84. The normalized spacial score (nSPS) is 11.6. The highest BCUT2D eigenvalue weighted by Gasteiger charge is 2.24. The van der Waals surface area contributed by atoms with E-state index in [2.05, 4.69) is 51.9 Å². The molecular weight excluding hydrogens is 402 g/mol. The quantitative estimate of drug-likeness (QED) is 0.833. The van der Waals surface area contributed by atoms with E-state index in [1.807, 2.05) is 6.92 Å². The standard InChI is InChI=1S/C9H9Br2N5O2S/c1-5-3-7(12-4-6(5)10)14-19(17,18)9-8(11)13-15-16(9)2/h3-4H,1-2H3,(H,12,14). The summed E-state index contributed by atoms with van der Waals surface area (Å²) in [6, 6.07) is 1.62. The van der Waals surface area contributed by atoms with Crippen molar-refractivity contribution < 1.29 is 8.42 Å². The van der Waals surface area contributed by atoms with E-state index >= 15 is 0 Å². The number of hydrogen-bond donors (Lipinski definition) is 1. The van der Waals surface area contributed by atoms with Crippen molar-refractivity contribution in [2.75, 3.05) is 4.72 Å². The van der Waals surface area contributed by atoms with Crippen LogP contribution in [0.5, 0.6) is 0 Å². The van der Waals surface area contributed by atoms with Crippen LogP contribution in [-0.4, -0.2) is 28.4 Å². The average molecular weight is 411 g/mol. The van der Waals surface area contributed by atoms with Gasteiger partial charge in [-0.3, -0.25) is 4.72 Å². The lowest BCUT2D eigenvalue weighted by molar-refractivity contribution is 0.578. The van der Waals surface area contributed by atoms with Crippen molar-refractivity contribution in [1.29, 1.82) is 0 Å². The van der Waals surface area contributed by atoms with Crippen molar-refractivity contribution in [3.05, 3.63) is 26.9 Å². The predicted molar refractivity (Wildman–Crippen MR) is 76.2 cm³/mol. The molecule has 0 aromatic carbocycles. The number of pyridine rings is 1. The monoisotopic (exact) mass is 409 g/mol. The van der Waals surface area contributed by atoms with Gasteiger partial charge in [-0.15, -0.1) is 5.10 Å². The topological polar surface area (TPSA) is 89.8 Å². The molecule has 0 atom stereocenters. The van der Waals surface area contributed by atoms with Gasteiger partial charge in [0, 0.05) is 17.7 Å². The van der Waals surface area contributed by atoms with Gasteiger partial charge in [-0.25, -0.2) is 9.67 Å². The highest BCUT2D eigenvalue weighted by Crippen LogP contribution is 2.22. The van der Waals surface area contributed by atoms with Crippen LogP contribution in [0.3, 0.4) is 0 Å². The number of aryl methyl sites for hydroxylation is 2. The molecule has 7 nitrogen and oxygen atoms in total. The first-order valence-corrected chi connectivity index (χ1v) is 8.08. The Morgan fingerprint density at radius 3 is 2.58 bits per heavy atom. The second kappa shape index (κ2) is 5.17. The van der Waals surface area contributed by atoms with Gasteiger partial charge in [-0.2, -0.15) is 8.42 Å².